The lowest BCUT2D eigenvalue weighted by atomic mass is 9.80. The summed E-state index contributed by atoms with van der Waals surface area (Å²) < 4.78 is 26.7. The molecule has 2 aliphatic rings. The Hall–Kier alpha value is -1.56. The maximum absolute atomic E-state index is 12.3. The normalized spacial score (nSPS) is 19.2. The van der Waals surface area contributed by atoms with Crippen LogP contribution in [0.5, 0.6) is 0 Å². The molecule has 1 fully saturated rings. The van der Waals surface area contributed by atoms with Gasteiger partial charge in [0.1, 0.15) is 0 Å². The minimum Gasteiger partial charge on any atom is -0.325 e. The van der Waals surface area contributed by atoms with Crippen molar-refractivity contribution in [3.05, 3.63) is 23.8 Å². The molecule has 1 amide bonds. The third-order valence-corrected chi connectivity index (χ3v) is 6.09. The highest BCUT2D eigenvalue weighted by Crippen LogP contribution is 2.49. The highest BCUT2D eigenvalue weighted by molar-refractivity contribution is 7.92. The molecule has 1 aromatic rings. The van der Waals surface area contributed by atoms with Crippen LogP contribution in [-0.2, 0) is 20.2 Å². The Bertz CT molecular complexity index is 691. The van der Waals surface area contributed by atoms with E-state index in [1.165, 1.54) is 0 Å². The first kappa shape index (κ1) is 15.3. The lowest BCUT2D eigenvalue weighted by molar-refractivity contribution is -0.120. The molecule has 0 atom stereocenters. The van der Waals surface area contributed by atoms with E-state index in [1.54, 1.807) is 12.1 Å². The largest absolute Gasteiger partial charge is 0.325 e. The third-order valence-electron chi connectivity index (χ3n) is 4.72. The number of anilines is 2. The first-order valence-electron chi connectivity index (χ1n) is 7.93. The van der Waals surface area contributed by atoms with E-state index < -0.39 is 15.4 Å². The summed E-state index contributed by atoms with van der Waals surface area (Å²) in [5.74, 6) is 0.189. The Morgan fingerprint density at radius 1 is 1.27 bits per heavy atom. The molecular weight excluding hydrogens is 300 g/mol. The number of amides is 1. The van der Waals surface area contributed by atoms with Gasteiger partial charge in [0, 0.05) is 11.4 Å². The smallest absolute Gasteiger partial charge is 0.235 e. The number of hydrogen-bond acceptors (Lipinski definition) is 3. The molecule has 1 aliphatic carbocycles. The highest BCUT2D eigenvalue weighted by Gasteiger charge is 2.48. The number of unbranched alkanes of at least 4 members (excludes halogenated alkanes) is 1. The zero-order chi connectivity index (χ0) is 15.8. The predicted molar refractivity (Wildman–Crippen MR) is 87.5 cm³/mol. The van der Waals surface area contributed by atoms with Crippen molar-refractivity contribution in [3.8, 4) is 0 Å². The molecule has 1 aliphatic heterocycles. The maximum atomic E-state index is 12.3. The number of sulfonamides is 1. The standard InChI is InChI=1S/C16H22N2O3S/c1-2-3-10-22(20,21)18-12-6-7-14-13(11-12)16(15(19)17-14)8-4-5-9-16/h6-7,11,18H,2-5,8-10H2,1H3,(H,17,19). The van der Waals surface area contributed by atoms with Gasteiger partial charge in [0.05, 0.1) is 11.2 Å². The summed E-state index contributed by atoms with van der Waals surface area (Å²) in [6.45, 7) is 1.96. The highest BCUT2D eigenvalue weighted by atomic mass is 32.2. The van der Waals surface area contributed by atoms with Crippen molar-refractivity contribution < 1.29 is 13.2 Å². The van der Waals surface area contributed by atoms with E-state index >= 15 is 0 Å². The molecule has 2 N–H and O–H groups in total. The summed E-state index contributed by atoms with van der Waals surface area (Å²) in [5.41, 5.74) is 1.88. The van der Waals surface area contributed by atoms with Crippen LogP contribution in [0.4, 0.5) is 11.4 Å². The third kappa shape index (κ3) is 2.60. The number of nitrogens with one attached hydrogen (secondary N) is 2. The van der Waals surface area contributed by atoms with Crippen LogP contribution in [0.25, 0.3) is 0 Å². The molecule has 1 saturated carbocycles. The van der Waals surface area contributed by atoms with E-state index in [0.717, 1.165) is 43.4 Å². The molecule has 5 nitrogen and oxygen atoms in total. The predicted octanol–water partition coefficient (Wildman–Crippen LogP) is 2.99. The van der Waals surface area contributed by atoms with Crippen LogP contribution < -0.4 is 10.0 Å². The lowest BCUT2D eigenvalue weighted by Gasteiger charge is -2.21. The molecule has 120 valence electrons. The van der Waals surface area contributed by atoms with E-state index in [4.69, 9.17) is 0 Å². The molecule has 1 spiro atoms. The van der Waals surface area contributed by atoms with Crippen molar-refractivity contribution in [2.45, 2.75) is 50.9 Å². The molecule has 0 aromatic heterocycles. The topological polar surface area (TPSA) is 75.3 Å². The molecule has 0 saturated heterocycles. The number of rotatable bonds is 5. The van der Waals surface area contributed by atoms with Crippen LogP contribution >= 0.6 is 0 Å². The van der Waals surface area contributed by atoms with E-state index in [-0.39, 0.29) is 11.7 Å². The van der Waals surface area contributed by atoms with Gasteiger partial charge in [-0.05, 0) is 43.0 Å². The zero-order valence-corrected chi connectivity index (χ0v) is 13.6. The second-order valence-corrected chi connectivity index (χ2v) is 8.12. The summed E-state index contributed by atoms with van der Waals surface area (Å²) in [5, 5.41) is 2.94. The van der Waals surface area contributed by atoms with Crippen molar-refractivity contribution in [2.75, 3.05) is 15.8 Å². The van der Waals surface area contributed by atoms with Gasteiger partial charge in [-0.25, -0.2) is 8.42 Å². The molecule has 1 heterocycles. The Labute approximate surface area is 131 Å². The fraction of sp³-hybridized carbons (Fsp3) is 0.562. The van der Waals surface area contributed by atoms with Crippen molar-refractivity contribution >= 4 is 27.3 Å². The number of carbonyl (C=O) groups is 1. The molecule has 22 heavy (non-hydrogen) atoms. The Balaban J connectivity index is 1.89. The van der Waals surface area contributed by atoms with Gasteiger partial charge in [-0.1, -0.05) is 26.2 Å². The van der Waals surface area contributed by atoms with Crippen LogP contribution in [0.1, 0.15) is 51.0 Å². The van der Waals surface area contributed by atoms with Gasteiger partial charge in [0.2, 0.25) is 15.9 Å². The monoisotopic (exact) mass is 322 g/mol. The maximum Gasteiger partial charge on any atom is 0.235 e. The number of carbonyl (C=O) groups excluding carboxylic acids is 1. The summed E-state index contributed by atoms with van der Waals surface area (Å²) in [6.07, 6.45) is 5.26. The molecule has 6 heteroatoms. The van der Waals surface area contributed by atoms with Gasteiger partial charge in [-0.2, -0.15) is 0 Å². The zero-order valence-electron chi connectivity index (χ0n) is 12.8. The second kappa shape index (κ2) is 5.57. The van der Waals surface area contributed by atoms with Crippen molar-refractivity contribution in [2.24, 2.45) is 0 Å². The van der Waals surface area contributed by atoms with Gasteiger partial charge in [-0.3, -0.25) is 9.52 Å². The quantitative estimate of drug-likeness (QED) is 0.875. The van der Waals surface area contributed by atoms with E-state index in [1.807, 2.05) is 13.0 Å². The number of benzene rings is 1. The molecule has 0 unspecified atom stereocenters. The number of fused-ring (bicyclic) bond motifs is 2. The summed E-state index contributed by atoms with van der Waals surface area (Å²) >= 11 is 0. The Morgan fingerprint density at radius 2 is 2.00 bits per heavy atom. The first-order chi connectivity index (χ1) is 10.5. The Kier molecular flexibility index (Phi) is 3.89. The van der Waals surface area contributed by atoms with Gasteiger partial charge in [0.15, 0.2) is 0 Å². The van der Waals surface area contributed by atoms with Gasteiger partial charge < -0.3 is 5.32 Å². The molecule has 3 rings (SSSR count). The minimum atomic E-state index is -3.32. The molecule has 0 radical (unpaired) electrons. The van der Waals surface area contributed by atoms with Gasteiger partial charge in [0.25, 0.3) is 0 Å². The van der Waals surface area contributed by atoms with Crippen LogP contribution in [0.2, 0.25) is 0 Å². The summed E-state index contributed by atoms with van der Waals surface area (Å²) in [7, 11) is -3.32. The SMILES string of the molecule is CCCCS(=O)(=O)Nc1ccc2c(c1)C1(CCCC1)C(=O)N2. The Morgan fingerprint density at radius 3 is 2.68 bits per heavy atom. The minimum absolute atomic E-state index is 0.0611. The van der Waals surface area contributed by atoms with Gasteiger partial charge in [-0.15, -0.1) is 0 Å². The van der Waals surface area contributed by atoms with E-state index in [9.17, 15) is 13.2 Å². The second-order valence-electron chi connectivity index (χ2n) is 6.28. The molecular formula is C16H22N2O3S. The van der Waals surface area contributed by atoms with Crippen molar-refractivity contribution in [1.29, 1.82) is 0 Å². The fourth-order valence-electron chi connectivity index (χ4n) is 3.52. The lowest BCUT2D eigenvalue weighted by Crippen LogP contribution is -2.31. The molecule has 0 bridgehead atoms. The fourth-order valence-corrected chi connectivity index (χ4v) is 4.77. The van der Waals surface area contributed by atoms with Crippen LogP contribution in [0.3, 0.4) is 0 Å². The average molecular weight is 322 g/mol. The van der Waals surface area contributed by atoms with Crippen LogP contribution in [0, 0.1) is 0 Å². The molecule has 1 aromatic carbocycles. The van der Waals surface area contributed by atoms with Crippen molar-refractivity contribution in [3.63, 3.8) is 0 Å². The number of hydrogen-bond donors (Lipinski definition) is 2. The first-order valence-corrected chi connectivity index (χ1v) is 9.58. The summed E-state index contributed by atoms with van der Waals surface area (Å²) in [4.78, 5) is 12.3. The van der Waals surface area contributed by atoms with Crippen LogP contribution in [-0.4, -0.2) is 20.1 Å². The van der Waals surface area contributed by atoms with Crippen molar-refractivity contribution in [1.82, 2.24) is 0 Å². The van der Waals surface area contributed by atoms with Gasteiger partial charge >= 0.3 is 0 Å². The van der Waals surface area contributed by atoms with Crippen LogP contribution in [0.15, 0.2) is 18.2 Å². The average Bonchev–Trinajstić information content (AvgIpc) is 3.06. The summed E-state index contributed by atoms with van der Waals surface area (Å²) in [6, 6.07) is 5.36. The van der Waals surface area contributed by atoms with E-state index in [2.05, 4.69) is 10.0 Å². The van der Waals surface area contributed by atoms with E-state index in [0.29, 0.717) is 12.1 Å².